The Labute approximate surface area is 130 Å². The Balaban J connectivity index is 2.03. The maximum Gasteiger partial charge on any atom is 0.0744 e. The van der Waals surface area contributed by atoms with E-state index >= 15 is 0 Å². The van der Waals surface area contributed by atoms with E-state index in [9.17, 15) is 0 Å². The first kappa shape index (κ1) is 15.8. The Hall–Kier alpha value is -0.580. The third-order valence-electron chi connectivity index (χ3n) is 4.26. The number of anilines is 1. The lowest BCUT2D eigenvalue weighted by Crippen LogP contribution is -2.37. The van der Waals surface area contributed by atoms with E-state index in [1.807, 2.05) is 0 Å². The van der Waals surface area contributed by atoms with Gasteiger partial charge in [0.1, 0.15) is 0 Å². The largest absolute Gasteiger partial charge is 0.382 e. The van der Waals surface area contributed by atoms with Crippen molar-refractivity contribution in [3.05, 3.63) is 28.2 Å². The fourth-order valence-corrected chi connectivity index (χ4v) is 3.36. The number of halogens is 1. The van der Waals surface area contributed by atoms with Crippen molar-refractivity contribution in [2.45, 2.75) is 32.4 Å². The van der Waals surface area contributed by atoms with Crippen LogP contribution in [0.15, 0.2) is 22.7 Å². The Bertz CT molecular complexity index is 430. The third kappa shape index (κ3) is 3.96. The minimum atomic E-state index is 0.494. The molecule has 3 nitrogen and oxygen atoms in total. The van der Waals surface area contributed by atoms with Crippen LogP contribution in [0.25, 0.3) is 0 Å². The highest BCUT2D eigenvalue weighted by Gasteiger charge is 2.22. The van der Waals surface area contributed by atoms with Gasteiger partial charge in [0.2, 0.25) is 0 Å². The van der Waals surface area contributed by atoms with Gasteiger partial charge in [-0.3, -0.25) is 0 Å². The average Bonchev–Trinajstić information content (AvgIpc) is 2.43. The number of likely N-dealkylation sites (tertiary alicyclic amines) is 1. The summed E-state index contributed by atoms with van der Waals surface area (Å²) in [6.45, 7) is 5.34. The molecule has 0 spiro atoms. The van der Waals surface area contributed by atoms with Gasteiger partial charge in [-0.1, -0.05) is 22.0 Å². The normalized spacial score (nSPS) is 19.0. The maximum absolute atomic E-state index is 5.31. The summed E-state index contributed by atoms with van der Waals surface area (Å²) in [5.74, 6) is 0.751. The molecule has 1 aromatic carbocycles. The van der Waals surface area contributed by atoms with Crippen LogP contribution in [-0.4, -0.2) is 38.2 Å². The highest BCUT2D eigenvalue weighted by atomic mass is 79.9. The van der Waals surface area contributed by atoms with Crippen LogP contribution in [0.2, 0.25) is 0 Å². The van der Waals surface area contributed by atoms with Crippen molar-refractivity contribution in [2.24, 2.45) is 5.92 Å². The van der Waals surface area contributed by atoms with Gasteiger partial charge in [0.15, 0.2) is 0 Å². The van der Waals surface area contributed by atoms with Gasteiger partial charge in [-0.2, -0.15) is 0 Å². The van der Waals surface area contributed by atoms with Crippen molar-refractivity contribution in [1.29, 1.82) is 0 Å². The predicted octanol–water partition coefficient (Wildman–Crippen LogP) is 3.74. The summed E-state index contributed by atoms with van der Waals surface area (Å²) in [7, 11) is 3.95. The number of methoxy groups -OCH3 is 1. The Morgan fingerprint density at radius 3 is 2.75 bits per heavy atom. The van der Waals surface area contributed by atoms with E-state index in [0.29, 0.717) is 12.6 Å². The molecule has 1 aliphatic rings. The molecule has 2 rings (SSSR count). The van der Waals surface area contributed by atoms with Crippen LogP contribution >= 0.6 is 15.9 Å². The monoisotopic (exact) mass is 340 g/mol. The molecule has 4 heteroatoms. The summed E-state index contributed by atoms with van der Waals surface area (Å²) in [5.41, 5.74) is 2.39. The van der Waals surface area contributed by atoms with Crippen molar-refractivity contribution >= 4 is 21.6 Å². The number of ether oxygens (including phenoxy) is 1. The second-order valence-electron chi connectivity index (χ2n) is 5.77. The summed E-state index contributed by atoms with van der Waals surface area (Å²) in [6, 6.07) is 6.78. The van der Waals surface area contributed by atoms with Gasteiger partial charge in [-0.05, 0) is 58.0 Å². The van der Waals surface area contributed by atoms with Crippen molar-refractivity contribution in [3.8, 4) is 0 Å². The van der Waals surface area contributed by atoms with Crippen LogP contribution in [-0.2, 0) is 11.3 Å². The molecular formula is C16H25BrN2O. The molecule has 20 heavy (non-hydrogen) atoms. The molecular weight excluding hydrogens is 316 g/mol. The van der Waals surface area contributed by atoms with Gasteiger partial charge in [-0.15, -0.1) is 0 Å². The second-order valence-corrected chi connectivity index (χ2v) is 6.63. The minimum absolute atomic E-state index is 0.494. The number of nitrogens with one attached hydrogen (secondary N) is 1. The molecule has 0 aromatic heterocycles. The van der Waals surface area contributed by atoms with Gasteiger partial charge < -0.3 is 15.0 Å². The molecule has 0 saturated carbocycles. The van der Waals surface area contributed by atoms with Gasteiger partial charge in [0, 0.05) is 28.9 Å². The lowest BCUT2D eigenvalue weighted by molar-refractivity contribution is 0.184. The van der Waals surface area contributed by atoms with E-state index in [4.69, 9.17) is 4.74 Å². The number of rotatable bonds is 5. The molecule has 1 unspecified atom stereocenters. The Morgan fingerprint density at radius 1 is 1.40 bits per heavy atom. The number of benzene rings is 1. The van der Waals surface area contributed by atoms with Gasteiger partial charge in [0.25, 0.3) is 0 Å². The summed E-state index contributed by atoms with van der Waals surface area (Å²) < 4.78 is 6.42. The van der Waals surface area contributed by atoms with E-state index in [-0.39, 0.29) is 0 Å². The molecule has 1 aliphatic heterocycles. The SMILES string of the molecule is COCc1c(Br)cccc1NC(C)C1CCN(C)CC1. The van der Waals surface area contributed by atoms with Crippen molar-refractivity contribution in [1.82, 2.24) is 4.90 Å². The number of hydrogen-bond donors (Lipinski definition) is 1. The highest BCUT2D eigenvalue weighted by Crippen LogP contribution is 2.28. The van der Waals surface area contributed by atoms with E-state index < -0.39 is 0 Å². The standard InChI is InChI=1S/C16H25BrN2O/c1-12(13-7-9-19(2)10-8-13)18-16-6-4-5-15(17)14(16)11-20-3/h4-6,12-13,18H,7-11H2,1-3H3. The zero-order valence-corrected chi connectivity index (χ0v) is 14.2. The van der Waals surface area contributed by atoms with Crippen LogP contribution in [0.3, 0.4) is 0 Å². The maximum atomic E-state index is 5.31. The summed E-state index contributed by atoms with van der Waals surface area (Å²) >= 11 is 3.62. The van der Waals surface area contributed by atoms with E-state index in [1.165, 1.54) is 37.2 Å². The van der Waals surface area contributed by atoms with Crippen LogP contribution in [0, 0.1) is 5.92 Å². The second kappa shape index (κ2) is 7.43. The fourth-order valence-electron chi connectivity index (χ4n) is 2.88. The van der Waals surface area contributed by atoms with E-state index in [2.05, 4.69) is 58.3 Å². The van der Waals surface area contributed by atoms with Crippen molar-refractivity contribution in [3.63, 3.8) is 0 Å². The Morgan fingerprint density at radius 2 is 2.10 bits per heavy atom. The molecule has 0 amide bonds. The first-order chi connectivity index (χ1) is 9.61. The van der Waals surface area contributed by atoms with Gasteiger partial charge in [-0.25, -0.2) is 0 Å². The number of nitrogens with zero attached hydrogens (tertiary/aromatic N) is 1. The van der Waals surface area contributed by atoms with Crippen LogP contribution in [0.4, 0.5) is 5.69 Å². The molecule has 112 valence electrons. The zero-order chi connectivity index (χ0) is 14.5. The first-order valence-electron chi connectivity index (χ1n) is 7.33. The number of piperidine rings is 1. The fraction of sp³-hybridized carbons (Fsp3) is 0.625. The molecule has 1 N–H and O–H groups in total. The smallest absolute Gasteiger partial charge is 0.0744 e. The lowest BCUT2D eigenvalue weighted by Gasteiger charge is -2.34. The Kier molecular flexibility index (Phi) is 5.87. The molecule has 1 atom stereocenters. The molecule has 1 heterocycles. The first-order valence-corrected chi connectivity index (χ1v) is 8.12. The molecule has 0 aliphatic carbocycles. The highest BCUT2D eigenvalue weighted by molar-refractivity contribution is 9.10. The topological polar surface area (TPSA) is 24.5 Å². The van der Waals surface area contributed by atoms with E-state index in [1.54, 1.807) is 7.11 Å². The quantitative estimate of drug-likeness (QED) is 0.883. The van der Waals surface area contributed by atoms with Crippen molar-refractivity contribution in [2.75, 3.05) is 32.6 Å². The van der Waals surface area contributed by atoms with Crippen LogP contribution < -0.4 is 5.32 Å². The van der Waals surface area contributed by atoms with Crippen LogP contribution in [0.1, 0.15) is 25.3 Å². The van der Waals surface area contributed by atoms with Gasteiger partial charge >= 0.3 is 0 Å². The summed E-state index contributed by atoms with van der Waals surface area (Å²) in [5, 5.41) is 3.69. The minimum Gasteiger partial charge on any atom is -0.382 e. The lowest BCUT2D eigenvalue weighted by atomic mass is 9.90. The molecule has 1 fully saturated rings. The number of hydrogen-bond acceptors (Lipinski definition) is 3. The third-order valence-corrected chi connectivity index (χ3v) is 5.00. The summed E-state index contributed by atoms with van der Waals surface area (Å²) in [6.07, 6.45) is 2.55. The molecule has 1 saturated heterocycles. The van der Waals surface area contributed by atoms with Crippen LogP contribution in [0.5, 0.6) is 0 Å². The summed E-state index contributed by atoms with van der Waals surface area (Å²) in [4.78, 5) is 2.42. The van der Waals surface area contributed by atoms with Gasteiger partial charge in [0.05, 0.1) is 6.61 Å². The molecule has 0 bridgehead atoms. The molecule has 0 radical (unpaired) electrons. The van der Waals surface area contributed by atoms with E-state index in [0.717, 1.165) is 10.4 Å². The zero-order valence-electron chi connectivity index (χ0n) is 12.7. The predicted molar refractivity (Wildman–Crippen MR) is 88.2 cm³/mol. The molecule has 1 aromatic rings. The average molecular weight is 341 g/mol. The van der Waals surface area contributed by atoms with Crippen molar-refractivity contribution < 1.29 is 4.74 Å².